The second-order valence-electron chi connectivity index (χ2n) is 5.23. The molecular formula is C16H15BrN2O3. The number of hydrogen-bond acceptors (Lipinski definition) is 4. The molecular weight excluding hydrogens is 348 g/mol. The van der Waals surface area contributed by atoms with Crippen molar-refractivity contribution in [2.75, 3.05) is 12.4 Å². The molecule has 0 fully saturated rings. The molecule has 2 aromatic rings. The average Bonchev–Trinajstić information content (AvgIpc) is 2.54. The molecule has 3 rings (SSSR count). The van der Waals surface area contributed by atoms with E-state index in [1.54, 1.807) is 19.2 Å². The number of nitro groups is 1. The van der Waals surface area contributed by atoms with Crippen molar-refractivity contribution in [3.63, 3.8) is 0 Å². The van der Waals surface area contributed by atoms with E-state index in [0.29, 0.717) is 0 Å². The van der Waals surface area contributed by atoms with E-state index in [4.69, 9.17) is 4.74 Å². The molecule has 5 nitrogen and oxygen atoms in total. The van der Waals surface area contributed by atoms with Crippen molar-refractivity contribution >= 4 is 27.3 Å². The minimum Gasteiger partial charge on any atom is -0.497 e. The smallest absolute Gasteiger partial charge is 0.270 e. The van der Waals surface area contributed by atoms with Gasteiger partial charge < -0.3 is 10.1 Å². The van der Waals surface area contributed by atoms with E-state index in [0.717, 1.165) is 39.9 Å². The van der Waals surface area contributed by atoms with E-state index in [-0.39, 0.29) is 16.7 Å². The van der Waals surface area contributed by atoms with E-state index in [1.807, 2.05) is 18.2 Å². The number of ether oxygens (including phenoxy) is 1. The number of fused-ring (bicyclic) bond motifs is 1. The molecule has 1 aliphatic heterocycles. The van der Waals surface area contributed by atoms with Crippen molar-refractivity contribution in [1.29, 1.82) is 0 Å². The minimum absolute atomic E-state index is 0.118. The Labute approximate surface area is 136 Å². The van der Waals surface area contributed by atoms with Gasteiger partial charge in [-0.25, -0.2) is 0 Å². The molecule has 1 aliphatic rings. The van der Waals surface area contributed by atoms with E-state index in [2.05, 4.69) is 27.3 Å². The van der Waals surface area contributed by atoms with Gasteiger partial charge in [-0.15, -0.1) is 0 Å². The number of halogens is 1. The number of anilines is 1. The van der Waals surface area contributed by atoms with E-state index in [1.165, 1.54) is 0 Å². The van der Waals surface area contributed by atoms with Crippen LogP contribution in [0.25, 0.3) is 0 Å². The Morgan fingerprint density at radius 1 is 1.36 bits per heavy atom. The van der Waals surface area contributed by atoms with Gasteiger partial charge in [-0.3, -0.25) is 10.1 Å². The Bertz CT molecular complexity index is 733. The molecule has 1 heterocycles. The molecule has 0 aliphatic carbocycles. The molecule has 114 valence electrons. The van der Waals surface area contributed by atoms with E-state index >= 15 is 0 Å². The number of nitrogens with zero attached hydrogens (tertiary/aromatic N) is 1. The van der Waals surface area contributed by atoms with Gasteiger partial charge in [0.25, 0.3) is 5.69 Å². The summed E-state index contributed by atoms with van der Waals surface area (Å²) >= 11 is 3.44. The van der Waals surface area contributed by atoms with Gasteiger partial charge in [-0.1, -0.05) is 12.1 Å². The van der Waals surface area contributed by atoms with Gasteiger partial charge in [-0.2, -0.15) is 0 Å². The van der Waals surface area contributed by atoms with Crippen LogP contribution < -0.4 is 10.1 Å². The molecule has 0 saturated heterocycles. The van der Waals surface area contributed by atoms with Crippen LogP contribution in [0.4, 0.5) is 11.4 Å². The fourth-order valence-corrected chi connectivity index (χ4v) is 3.37. The van der Waals surface area contributed by atoms with Crippen LogP contribution >= 0.6 is 15.9 Å². The number of non-ortho nitro benzene ring substituents is 1. The number of aryl methyl sites for hydroxylation is 1. The Kier molecular flexibility index (Phi) is 4.02. The third kappa shape index (κ3) is 2.78. The van der Waals surface area contributed by atoms with Gasteiger partial charge in [0.05, 0.1) is 23.8 Å². The molecule has 2 aromatic carbocycles. The second-order valence-corrected chi connectivity index (χ2v) is 6.09. The summed E-state index contributed by atoms with van der Waals surface area (Å²) in [6.45, 7) is 0. The maximum absolute atomic E-state index is 10.9. The average molecular weight is 363 g/mol. The lowest BCUT2D eigenvalue weighted by molar-refractivity contribution is -0.385. The number of rotatable bonds is 3. The molecule has 1 N–H and O–H groups in total. The SMILES string of the molecule is COc1cccc(C2CCc3cc([N+](=O)[O-])cc(Br)c3N2)c1. The molecule has 0 amide bonds. The predicted molar refractivity (Wildman–Crippen MR) is 88.5 cm³/mol. The topological polar surface area (TPSA) is 64.4 Å². The Morgan fingerprint density at radius 2 is 2.18 bits per heavy atom. The Hall–Kier alpha value is -2.08. The molecule has 0 radical (unpaired) electrons. The molecule has 0 spiro atoms. The highest BCUT2D eigenvalue weighted by molar-refractivity contribution is 9.10. The number of methoxy groups -OCH3 is 1. The first-order valence-corrected chi connectivity index (χ1v) is 7.75. The summed E-state index contributed by atoms with van der Waals surface area (Å²) in [6.07, 6.45) is 1.68. The van der Waals surface area contributed by atoms with Crippen LogP contribution in [0, 0.1) is 10.1 Å². The summed E-state index contributed by atoms with van der Waals surface area (Å²) < 4.78 is 6.00. The summed E-state index contributed by atoms with van der Waals surface area (Å²) in [7, 11) is 1.65. The molecule has 1 unspecified atom stereocenters. The van der Waals surface area contributed by atoms with Crippen molar-refractivity contribution in [2.24, 2.45) is 0 Å². The number of hydrogen-bond donors (Lipinski definition) is 1. The van der Waals surface area contributed by atoms with Crippen LogP contribution in [0.5, 0.6) is 5.75 Å². The first kappa shape index (κ1) is 14.8. The van der Waals surface area contributed by atoms with E-state index < -0.39 is 0 Å². The van der Waals surface area contributed by atoms with Gasteiger partial charge >= 0.3 is 0 Å². The maximum Gasteiger partial charge on any atom is 0.270 e. The van der Waals surface area contributed by atoms with E-state index in [9.17, 15) is 10.1 Å². The molecule has 22 heavy (non-hydrogen) atoms. The zero-order valence-electron chi connectivity index (χ0n) is 12.0. The van der Waals surface area contributed by atoms with Crippen molar-refractivity contribution in [1.82, 2.24) is 0 Å². The summed E-state index contributed by atoms with van der Waals surface area (Å²) in [4.78, 5) is 10.6. The zero-order chi connectivity index (χ0) is 15.7. The molecule has 6 heteroatoms. The largest absolute Gasteiger partial charge is 0.497 e. The fraction of sp³-hybridized carbons (Fsp3) is 0.250. The van der Waals surface area contributed by atoms with Crippen molar-refractivity contribution in [3.05, 3.63) is 62.1 Å². The third-order valence-corrected chi connectivity index (χ3v) is 4.51. The van der Waals surface area contributed by atoms with Gasteiger partial charge in [-0.05, 0) is 52.0 Å². The third-order valence-electron chi connectivity index (χ3n) is 3.88. The standard InChI is InChI=1S/C16H15BrN2O3/c1-22-13-4-2-3-10(8-13)15-6-5-11-7-12(19(20)21)9-14(17)16(11)18-15/h2-4,7-9,15,18H,5-6H2,1H3. The van der Waals surface area contributed by atoms with Gasteiger partial charge in [0.1, 0.15) is 5.75 Å². The first-order chi connectivity index (χ1) is 10.6. The van der Waals surface area contributed by atoms with Gasteiger partial charge in [0.15, 0.2) is 0 Å². The lowest BCUT2D eigenvalue weighted by atomic mass is 9.93. The molecule has 0 aromatic heterocycles. The van der Waals surface area contributed by atoms with Crippen LogP contribution in [0.15, 0.2) is 40.9 Å². The van der Waals surface area contributed by atoms with Crippen LogP contribution in [0.2, 0.25) is 0 Å². The second kappa shape index (κ2) is 5.96. The highest BCUT2D eigenvalue weighted by Crippen LogP contribution is 2.40. The van der Waals surface area contributed by atoms with Crippen molar-refractivity contribution in [2.45, 2.75) is 18.9 Å². The molecule has 0 bridgehead atoms. The van der Waals surface area contributed by atoms with Crippen LogP contribution in [0.1, 0.15) is 23.6 Å². The lowest BCUT2D eigenvalue weighted by Crippen LogP contribution is -2.18. The van der Waals surface area contributed by atoms with Gasteiger partial charge in [0, 0.05) is 16.6 Å². The highest BCUT2D eigenvalue weighted by Gasteiger charge is 2.24. The Morgan fingerprint density at radius 3 is 2.91 bits per heavy atom. The lowest BCUT2D eigenvalue weighted by Gasteiger charge is -2.28. The Balaban J connectivity index is 1.92. The molecule has 0 saturated carbocycles. The normalized spacial score (nSPS) is 16.5. The summed E-state index contributed by atoms with van der Waals surface area (Å²) in [6, 6.07) is 11.3. The van der Waals surface area contributed by atoms with Gasteiger partial charge in [0.2, 0.25) is 0 Å². The van der Waals surface area contributed by atoms with Crippen LogP contribution in [0.3, 0.4) is 0 Å². The zero-order valence-corrected chi connectivity index (χ0v) is 13.6. The number of benzene rings is 2. The summed E-state index contributed by atoms with van der Waals surface area (Å²) in [5.74, 6) is 0.827. The molecule has 1 atom stereocenters. The predicted octanol–water partition coefficient (Wildman–Crippen LogP) is 4.47. The number of nitrogens with one attached hydrogen (secondary N) is 1. The summed E-state index contributed by atoms with van der Waals surface area (Å²) in [5, 5.41) is 14.4. The van der Waals surface area contributed by atoms with Crippen LogP contribution in [-0.2, 0) is 6.42 Å². The number of nitro benzene ring substituents is 1. The fourth-order valence-electron chi connectivity index (χ4n) is 2.77. The summed E-state index contributed by atoms with van der Waals surface area (Å²) in [5.41, 5.74) is 3.17. The first-order valence-electron chi connectivity index (χ1n) is 6.96. The van der Waals surface area contributed by atoms with Crippen molar-refractivity contribution in [3.8, 4) is 5.75 Å². The highest BCUT2D eigenvalue weighted by atomic mass is 79.9. The minimum atomic E-state index is -0.362. The van der Waals surface area contributed by atoms with Crippen molar-refractivity contribution < 1.29 is 9.66 Å². The maximum atomic E-state index is 10.9. The quantitative estimate of drug-likeness (QED) is 0.646. The van der Waals surface area contributed by atoms with Crippen LogP contribution in [-0.4, -0.2) is 12.0 Å². The monoisotopic (exact) mass is 362 g/mol.